The highest BCUT2D eigenvalue weighted by Gasteiger charge is 2.24. The van der Waals surface area contributed by atoms with Gasteiger partial charge in [0, 0.05) is 23.4 Å². The molecule has 2 atom stereocenters. The molecular weight excluding hydrogens is 234 g/mol. The molecular formula is C14H18ClNO. The summed E-state index contributed by atoms with van der Waals surface area (Å²) in [5.74, 6) is 0.483. The zero-order chi connectivity index (χ0) is 12.3. The molecule has 0 aromatic heterocycles. The van der Waals surface area contributed by atoms with Crippen molar-refractivity contribution < 1.29 is 4.79 Å². The molecule has 0 saturated heterocycles. The lowest BCUT2D eigenvalue weighted by Crippen LogP contribution is -2.32. The van der Waals surface area contributed by atoms with Gasteiger partial charge in [0.1, 0.15) is 5.78 Å². The molecule has 17 heavy (non-hydrogen) atoms. The van der Waals surface area contributed by atoms with Crippen molar-refractivity contribution in [2.75, 3.05) is 0 Å². The Balaban J connectivity index is 1.94. The first-order valence-electron chi connectivity index (χ1n) is 6.18. The van der Waals surface area contributed by atoms with Gasteiger partial charge in [0.25, 0.3) is 0 Å². The minimum Gasteiger partial charge on any atom is -0.328 e. The lowest BCUT2D eigenvalue weighted by Gasteiger charge is -2.25. The molecule has 2 unspecified atom stereocenters. The van der Waals surface area contributed by atoms with E-state index in [-0.39, 0.29) is 12.0 Å². The molecule has 0 aliphatic heterocycles. The Morgan fingerprint density at radius 1 is 1.29 bits per heavy atom. The second kappa shape index (κ2) is 5.65. The Labute approximate surface area is 107 Å². The van der Waals surface area contributed by atoms with E-state index in [2.05, 4.69) is 0 Å². The van der Waals surface area contributed by atoms with Gasteiger partial charge in [0.05, 0.1) is 0 Å². The fraction of sp³-hybridized carbons (Fsp3) is 0.500. The van der Waals surface area contributed by atoms with Gasteiger partial charge in [-0.1, -0.05) is 30.2 Å². The number of hydrogen-bond acceptors (Lipinski definition) is 2. The summed E-state index contributed by atoms with van der Waals surface area (Å²) in [7, 11) is 0. The van der Waals surface area contributed by atoms with E-state index < -0.39 is 0 Å². The van der Waals surface area contributed by atoms with Crippen LogP contribution in [0.5, 0.6) is 0 Å². The normalized spacial score (nSPS) is 24.6. The van der Waals surface area contributed by atoms with E-state index in [1.54, 1.807) is 0 Å². The highest BCUT2D eigenvalue weighted by atomic mass is 35.5. The topological polar surface area (TPSA) is 43.1 Å². The molecule has 92 valence electrons. The molecule has 0 radical (unpaired) electrons. The minimum atomic E-state index is 0.162. The molecule has 1 saturated carbocycles. The van der Waals surface area contributed by atoms with Crippen LogP contribution >= 0.6 is 11.6 Å². The van der Waals surface area contributed by atoms with Crippen LogP contribution in [0.4, 0.5) is 0 Å². The summed E-state index contributed by atoms with van der Waals surface area (Å²) in [4.78, 5) is 12.1. The third kappa shape index (κ3) is 3.55. The second-order valence-corrected chi connectivity index (χ2v) is 5.33. The number of ketones is 1. The third-order valence-corrected chi connectivity index (χ3v) is 3.71. The number of carbonyl (C=O) groups excluding carboxylic acids is 1. The van der Waals surface area contributed by atoms with Gasteiger partial charge in [-0.3, -0.25) is 4.79 Å². The van der Waals surface area contributed by atoms with Crippen molar-refractivity contribution in [3.63, 3.8) is 0 Å². The van der Waals surface area contributed by atoms with Crippen LogP contribution < -0.4 is 5.73 Å². The van der Waals surface area contributed by atoms with Gasteiger partial charge in [0.2, 0.25) is 0 Å². The first-order valence-corrected chi connectivity index (χ1v) is 6.55. The van der Waals surface area contributed by atoms with E-state index >= 15 is 0 Å². The number of benzene rings is 1. The van der Waals surface area contributed by atoms with E-state index in [9.17, 15) is 4.79 Å². The van der Waals surface area contributed by atoms with E-state index in [0.29, 0.717) is 17.2 Å². The maximum absolute atomic E-state index is 12.1. The number of hydrogen-bond donors (Lipinski definition) is 1. The molecule has 1 aromatic carbocycles. The van der Waals surface area contributed by atoms with Crippen molar-refractivity contribution in [1.82, 2.24) is 0 Å². The Hall–Kier alpha value is -0.860. The predicted molar refractivity (Wildman–Crippen MR) is 70.1 cm³/mol. The van der Waals surface area contributed by atoms with Gasteiger partial charge in [-0.25, -0.2) is 0 Å². The number of rotatable bonds is 3. The molecule has 1 aliphatic rings. The molecule has 3 heteroatoms. The first kappa shape index (κ1) is 12.6. The van der Waals surface area contributed by atoms with Crippen LogP contribution in [0.2, 0.25) is 5.02 Å². The Kier molecular flexibility index (Phi) is 4.19. The molecule has 1 aliphatic carbocycles. The summed E-state index contributed by atoms with van der Waals surface area (Å²) < 4.78 is 0. The summed E-state index contributed by atoms with van der Waals surface area (Å²) in [6, 6.07) is 7.71. The largest absolute Gasteiger partial charge is 0.328 e. The van der Waals surface area contributed by atoms with Crippen LogP contribution in [0.3, 0.4) is 0 Å². The molecule has 0 heterocycles. The van der Waals surface area contributed by atoms with Gasteiger partial charge in [-0.2, -0.15) is 0 Å². The summed E-state index contributed by atoms with van der Waals surface area (Å²) in [6.45, 7) is 0. The quantitative estimate of drug-likeness (QED) is 0.898. The van der Waals surface area contributed by atoms with Crippen molar-refractivity contribution in [1.29, 1.82) is 0 Å². The first-order chi connectivity index (χ1) is 8.15. The number of nitrogens with two attached hydrogens (primary N) is 1. The van der Waals surface area contributed by atoms with Crippen LogP contribution in [0.25, 0.3) is 0 Å². The van der Waals surface area contributed by atoms with E-state index in [4.69, 9.17) is 17.3 Å². The highest BCUT2D eigenvalue weighted by Crippen LogP contribution is 2.25. The fourth-order valence-corrected chi connectivity index (χ4v) is 2.59. The van der Waals surface area contributed by atoms with Gasteiger partial charge >= 0.3 is 0 Å². The monoisotopic (exact) mass is 251 g/mol. The maximum atomic E-state index is 12.1. The SMILES string of the molecule is NC1CCCC(C(=O)Cc2ccc(Cl)cc2)C1. The Bertz CT molecular complexity index is 388. The van der Waals surface area contributed by atoms with Crippen molar-refractivity contribution in [2.45, 2.75) is 38.1 Å². The zero-order valence-electron chi connectivity index (χ0n) is 9.86. The average Bonchev–Trinajstić information content (AvgIpc) is 2.32. The molecule has 0 spiro atoms. The maximum Gasteiger partial charge on any atom is 0.140 e. The Morgan fingerprint density at radius 2 is 2.00 bits per heavy atom. The van der Waals surface area contributed by atoms with Crippen LogP contribution in [0, 0.1) is 5.92 Å². The van der Waals surface area contributed by atoms with Crippen molar-refractivity contribution >= 4 is 17.4 Å². The molecule has 2 nitrogen and oxygen atoms in total. The number of carbonyl (C=O) groups is 1. The van der Waals surface area contributed by atoms with E-state index in [1.165, 1.54) is 0 Å². The van der Waals surface area contributed by atoms with E-state index in [1.807, 2.05) is 24.3 Å². The molecule has 1 fully saturated rings. The van der Waals surface area contributed by atoms with Crippen LogP contribution in [-0.4, -0.2) is 11.8 Å². The zero-order valence-corrected chi connectivity index (χ0v) is 10.6. The molecule has 1 aromatic rings. The summed E-state index contributed by atoms with van der Waals surface area (Å²) in [5, 5.41) is 0.709. The minimum absolute atomic E-state index is 0.162. The second-order valence-electron chi connectivity index (χ2n) is 4.89. The summed E-state index contributed by atoms with van der Waals surface area (Å²) in [5.41, 5.74) is 6.95. The molecule has 2 rings (SSSR count). The molecule has 2 N–H and O–H groups in total. The van der Waals surface area contributed by atoms with Crippen molar-refractivity contribution in [3.8, 4) is 0 Å². The third-order valence-electron chi connectivity index (χ3n) is 3.46. The van der Waals surface area contributed by atoms with Crippen LogP contribution in [-0.2, 0) is 11.2 Å². The van der Waals surface area contributed by atoms with E-state index in [0.717, 1.165) is 31.2 Å². The standard InChI is InChI=1S/C14H18ClNO/c15-12-6-4-10(5-7-12)8-14(17)11-2-1-3-13(16)9-11/h4-7,11,13H,1-3,8-9,16H2. The highest BCUT2D eigenvalue weighted by molar-refractivity contribution is 6.30. The predicted octanol–water partition coefficient (Wildman–Crippen LogP) is 2.97. The van der Waals surface area contributed by atoms with Crippen molar-refractivity contribution in [2.24, 2.45) is 11.7 Å². The lowest BCUT2D eigenvalue weighted by atomic mass is 9.82. The van der Waals surface area contributed by atoms with Crippen LogP contribution in [0.1, 0.15) is 31.2 Å². The smallest absolute Gasteiger partial charge is 0.140 e. The van der Waals surface area contributed by atoms with Crippen LogP contribution in [0.15, 0.2) is 24.3 Å². The molecule has 0 amide bonds. The fourth-order valence-electron chi connectivity index (χ4n) is 2.47. The van der Waals surface area contributed by atoms with Crippen molar-refractivity contribution in [3.05, 3.63) is 34.9 Å². The number of Topliss-reactive ketones (excluding diaryl/α,β-unsaturated/α-hetero) is 1. The number of halogens is 1. The van der Waals surface area contributed by atoms with Gasteiger partial charge < -0.3 is 5.73 Å². The van der Waals surface area contributed by atoms with Gasteiger partial charge in [-0.05, 0) is 37.0 Å². The summed E-state index contributed by atoms with van der Waals surface area (Å²) in [6.07, 6.45) is 4.50. The Morgan fingerprint density at radius 3 is 2.65 bits per heavy atom. The summed E-state index contributed by atoms with van der Waals surface area (Å²) >= 11 is 5.81. The molecule has 0 bridgehead atoms. The van der Waals surface area contributed by atoms with Gasteiger partial charge in [0.15, 0.2) is 0 Å². The van der Waals surface area contributed by atoms with Gasteiger partial charge in [-0.15, -0.1) is 0 Å². The average molecular weight is 252 g/mol. The lowest BCUT2D eigenvalue weighted by molar-refractivity contribution is -0.123.